The monoisotopic (exact) mass is 379 g/mol. The first-order valence-electron chi connectivity index (χ1n) is 6.78. The summed E-state index contributed by atoms with van der Waals surface area (Å²) in [7, 11) is -2.10. The molecule has 0 bridgehead atoms. The number of rotatable bonds is 8. The summed E-state index contributed by atoms with van der Waals surface area (Å²) in [6, 6.07) is 4.59. The maximum atomic E-state index is 12.3. The Morgan fingerprint density at radius 1 is 1.33 bits per heavy atom. The molecule has 5 nitrogen and oxygen atoms in total. The summed E-state index contributed by atoms with van der Waals surface area (Å²) in [6.45, 7) is 4.05. The third kappa shape index (κ3) is 4.42. The number of hydrogen-bond donors (Lipinski definition) is 2. The fraction of sp³-hybridized carbons (Fsp3) is 0.571. The summed E-state index contributed by atoms with van der Waals surface area (Å²) in [6.07, 6.45) is 1.41. The number of sulfonamides is 1. The van der Waals surface area contributed by atoms with Crippen LogP contribution in [0.2, 0.25) is 0 Å². The molecule has 1 aromatic carbocycles. The lowest BCUT2D eigenvalue weighted by atomic mass is 9.84. The van der Waals surface area contributed by atoms with Crippen molar-refractivity contribution in [1.82, 2.24) is 4.72 Å². The van der Waals surface area contributed by atoms with Gasteiger partial charge in [-0.25, -0.2) is 13.1 Å². The van der Waals surface area contributed by atoms with Crippen molar-refractivity contribution in [3.63, 3.8) is 0 Å². The minimum Gasteiger partial charge on any atom is -0.496 e. The molecular formula is C14H22BrNO4S. The van der Waals surface area contributed by atoms with Crippen molar-refractivity contribution in [1.29, 1.82) is 0 Å². The maximum Gasteiger partial charge on any atom is 0.240 e. The lowest BCUT2D eigenvalue weighted by Gasteiger charge is -2.29. The molecule has 0 unspecified atom stereocenters. The summed E-state index contributed by atoms with van der Waals surface area (Å²) in [5.41, 5.74) is -0.420. The molecular weight excluding hydrogens is 358 g/mol. The Labute approximate surface area is 134 Å². The van der Waals surface area contributed by atoms with Crippen molar-refractivity contribution in [2.24, 2.45) is 5.41 Å². The van der Waals surface area contributed by atoms with E-state index in [1.165, 1.54) is 19.2 Å². The number of nitrogens with one attached hydrogen (secondary N) is 1. The standard InChI is InChI=1S/C14H22BrNO4S/c1-4-14(5-2,10-17)9-16-21(18,19)11-6-7-13(20-3)12(15)8-11/h6-8,16-17H,4-5,9-10H2,1-3H3. The SMILES string of the molecule is CCC(CC)(CO)CNS(=O)(=O)c1ccc(OC)c(Br)c1. The number of methoxy groups -OCH3 is 1. The van der Waals surface area contributed by atoms with Gasteiger partial charge in [-0.05, 0) is 47.0 Å². The lowest BCUT2D eigenvalue weighted by Crippen LogP contribution is -2.39. The van der Waals surface area contributed by atoms with Crippen molar-refractivity contribution in [3.8, 4) is 5.75 Å². The molecule has 2 N–H and O–H groups in total. The van der Waals surface area contributed by atoms with Crippen LogP contribution in [-0.2, 0) is 10.0 Å². The molecule has 0 atom stereocenters. The van der Waals surface area contributed by atoms with Crippen LogP contribution in [0.25, 0.3) is 0 Å². The minimum absolute atomic E-state index is 0.0468. The van der Waals surface area contributed by atoms with Gasteiger partial charge in [0.2, 0.25) is 10.0 Å². The zero-order valence-corrected chi connectivity index (χ0v) is 14.9. The van der Waals surface area contributed by atoms with Crippen LogP contribution in [0.4, 0.5) is 0 Å². The molecule has 0 aliphatic carbocycles. The Kier molecular flexibility index (Phi) is 6.65. The van der Waals surface area contributed by atoms with Gasteiger partial charge in [0.05, 0.1) is 16.5 Å². The van der Waals surface area contributed by atoms with Crippen LogP contribution in [0.5, 0.6) is 5.75 Å². The number of aliphatic hydroxyl groups excluding tert-OH is 1. The van der Waals surface area contributed by atoms with Gasteiger partial charge in [-0.15, -0.1) is 0 Å². The van der Waals surface area contributed by atoms with Gasteiger partial charge in [-0.1, -0.05) is 13.8 Å². The van der Waals surface area contributed by atoms with Crippen molar-refractivity contribution in [2.75, 3.05) is 20.3 Å². The van der Waals surface area contributed by atoms with E-state index in [1.807, 2.05) is 13.8 Å². The summed E-state index contributed by atoms with van der Waals surface area (Å²) in [5, 5.41) is 9.50. The first-order valence-corrected chi connectivity index (χ1v) is 9.06. The van der Waals surface area contributed by atoms with Crippen LogP contribution < -0.4 is 9.46 Å². The number of ether oxygens (including phenoxy) is 1. The smallest absolute Gasteiger partial charge is 0.240 e. The average Bonchev–Trinajstić information content (AvgIpc) is 2.49. The van der Waals surface area contributed by atoms with Crippen LogP contribution in [0.1, 0.15) is 26.7 Å². The molecule has 120 valence electrons. The minimum atomic E-state index is -3.62. The van der Waals surface area contributed by atoms with E-state index >= 15 is 0 Å². The first kappa shape index (κ1) is 18.4. The normalized spacial score (nSPS) is 12.4. The third-order valence-electron chi connectivity index (χ3n) is 3.91. The van der Waals surface area contributed by atoms with E-state index < -0.39 is 15.4 Å². The van der Waals surface area contributed by atoms with Gasteiger partial charge in [-0.2, -0.15) is 0 Å². The van der Waals surface area contributed by atoms with Gasteiger partial charge in [0.25, 0.3) is 0 Å². The Morgan fingerprint density at radius 2 is 1.95 bits per heavy atom. The molecule has 0 heterocycles. The van der Waals surface area contributed by atoms with Gasteiger partial charge in [-0.3, -0.25) is 0 Å². The van der Waals surface area contributed by atoms with Crippen LogP contribution in [-0.4, -0.2) is 33.8 Å². The van der Waals surface area contributed by atoms with E-state index in [0.29, 0.717) is 23.1 Å². The van der Waals surface area contributed by atoms with Crippen LogP contribution >= 0.6 is 15.9 Å². The average molecular weight is 380 g/mol. The third-order valence-corrected chi connectivity index (χ3v) is 5.92. The number of benzene rings is 1. The molecule has 0 fully saturated rings. The Hall–Kier alpha value is -0.630. The van der Waals surface area contributed by atoms with Crippen molar-refractivity contribution >= 4 is 26.0 Å². The highest BCUT2D eigenvalue weighted by Crippen LogP contribution is 2.28. The van der Waals surface area contributed by atoms with E-state index in [1.54, 1.807) is 6.07 Å². The molecule has 0 saturated carbocycles. The van der Waals surface area contributed by atoms with Gasteiger partial charge in [0.1, 0.15) is 5.75 Å². The summed E-state index contributed by atoms with van der Waals surface area (Å²) in [5.74, 6) is 0.570. The predicted octanol–water partition coefficient (Wildman–Crippen LogP) is 2.53. The fourth-order valence-electron chi connectivity index (χ4n) is 1.93. The van der Waals surface area contributed by atoms with Crippen molar-refractivity contribution < 1.29 is 18.3 Å². The zero-order chi connectivity index (χ0) is 16.1. The zero-order valence-electron chi connectivity index (χ0n) is 12.5. The number of halogens is 1. The van der Waals surface area contributed by atoms with Crippen molar-refractivity contribution in [3.05, 3.63) is 22.7 Å². The van der Waals surface area contributed by atoms with Crippen LogP contribution in [0.3, 0.4) is 0 Å². The molecule has 0 radical (unpaired) electrons. The molecule has 0 spiro atoms. The van der Waals surface area contributed by atoms with E-state index in [2.05, 4.69) is 20.7 Å². The molecule has 7 heteroatoms. The van der Waals surface area contributed by atoms with Gasteiger partial charge >= 0.3 is 0 Å². The second-order valence-corrected chi connectivity index (χ2v) is 7.61. The molecule has 0 aliphatic heterocycles. The Morgan fingerprint density at radius 3 is 2.38 bits per heavy atom. The quantitative estimate of drug-likeness (QED) is 0.727. The molecule has 0 amide bonds. The number of hydrogen-bond acceptors (Lipinski definition) is 4. The predicted molar refractivity (Wildman–Crippen MR) is 86.0 cm³/mol. The molecule has 21 heavy (non-hydrogen) atoms. The maximum absolute atomic E-state index is 12.3. The Balaban J connectivity index is 2.94. The highest BCUT2D eigenvalue weighted by molar-refractivity contribution is 9.10. The number of aliphatic hydroxyl groups is 1. The second kappa shape index (κ2) is 7.58. The highest BCUT2D eigenvalue weighted by Gasteiger charge is 2.28. The van der Waals surface area contributed by atoms with Gasteiger partial charge in [0.15, 0.2) is 0 Å². The van der Waals surface area contributed by atoms with Crippen LogP contribution in [0, 0.1) is 5.41 Å². The molecule has 0 saturated heterocycles. The first-order chi connectivity index (χ1) is 9.84. The summed E-state index contributed by atoms with van der Waals surface area (Å²) in [4.78, 5) is 0.161. The van der Waals surface area contributed by atoms with Gasteiger partial charge in [0, 0.05) is 18.6 Å². The highest BCUT2D eigenvalue weighted by atomic mass is 79.9. The van der Waals surface area contributed by atoms with Crippen LogP contribution in [0.15, 0.2) is 27.6 Å². The lowest BCUT2D eigenvalue weighted by molar-refractivity contribution is 0.119. The molecule has 1 aromatic rings. The van der Waals surface area contributed by atoms with Crippen molar-refractivity contribution in [2.45, 2.75) is 31.6 Å². The largest absolute Gasteiger partial charge is 0.496 e. The van der Waals surface area contributed by atoms with E-state index in [9.17, 15) is 13.5 Å². The summed E-state index contributed by atoms with van der Waals surface area (Å²) >= 11 is 3.27. The fourth-order valence-corrected chi connectivity index (χ4v) is 3.80. The molecule has 0 aliphatic rings. The Bertz CT molecular complexity index is 562. The van der Waals surface area contributed by atoms with E-state index in [4.69, 9.17) is 4.74 Å². The summed E-state index contributed by atoms with van der Waals surface area (Å²) < 4.78 is 32.9. The topological polar surface area (TPSA) is 75.6 Å². The van der Waals surface area contributed by atoms with Gasteiger partial charge < -0.3 is 9.84 Å². The molecule has 1 rings (SSSR count). The van der Waals surface area contributed by atoms with E-state index in [-0.39, 0.29) is 18.0 Å². The van der Waals surface area contributed by atoms with E-state index in [0.717, 1.165) is 0 Å². The second-order valence-electron chi connectivity index (χ2n) is 4.99. The molecule has 0 aromatic heterocycles.